The third-order valence-electron chi connectivity index (χ3n) is 5.42. The van der Waals surface area contributed by atoms with Crippen molar-refractivity contribution in [2.24, 2.45) is 4.99 Å². The maximum Gasteiger partial charge on any atom is 0.416 e. The summed E-state index contributed by atoms with van der Waals surface area (Å²) in [7, 11) is 0. The fourth-order valence-corrected chi connectivity index (χ4v) is 4.76. The zero-order valence-electron chi connectivity index (χ0n) is 18.9. The molecule has 11 heteroatoms. The van der Waals surface area contributed by atoms with E-state index in [4.69, 9.17) is 9.47 Å². The van der Waals surface area contributed by atoms with Crippen LogP contribution in [0.4, 0.5) is 18.9 Å². The second kappa shape index (κ2) is 10.6. The minimum absolute atomic E-state index is 0.0491. The maximum atomic E-state index is 13.2. The van der Waals surface area contributed by atoms with Crippen LogP contribution in [-0.4, -0.2) is 40.5 Å². The molecule has 0 aliphatic carbocycles. The van der Waals surface area contributed by atoms with Crippen molar-refractivity contribution in [2.75, 3.05) is 13.3 Å². The van der Waals surface area contributed by atoms with Crippen molar-refractivity contribution < 1.29 is 32.2 Å². The first-order valence-corrected chi connectivity index (χ1v) is 12.0. The Labute approximate surface area is 204 Å². The van der Waals surface area contributed by atoms with Crippen molar-refractivity contribution in [1.82, 2.24) is 10.2 Å². The Hall–Kier alpha value is -3.21. The first kappa shape index (κ1) is 24.9. The number of amides is 2. The number of unbranched alkanes of at least 4 members (excludes halogenated alkanes) is 1. The second-order valence-electron chi connectivity index (χ2n) is 8.07. The number of carbonyl (C=O) groups is 2. The molecule has 1 fully saturated rings. The number of halogens is 3. The number of amidine groups is 1. The van der Waals surface area contributed by atoms with E-state index >= 15 is 0 Å². The summed E-state index contributed by atoms with van der Waals surface area (Å²) >= 11 is 1.08. The van der Waals surface area contributed by atoms with Crippen LogP contribution in [0, 0.1) is 0 Å². The predicted molar refractivity (Wildman–Crippen MR) is 126 cm³/mol. The molecule has 2 aromatic carbocycles. The van der Waals surface area contributed by atoms with E-state index in [-0.39, 0.29) is 42.4 Å². The lowest BCUT2D eigenvalue weighted by atomic mass is 10.1. The lowest BCUT2D eigenvalue weighted by molar-refractivity contribution is -0.137. The number of nitrogens with one attached hydrogen (secondary N) is 1. The van der Waals surface area contributed by atoms with E-state index in [1.54, 1.807) is 18.2 Å². The first-order valence-electron chi connectivity index (χ1n) is 11.1. The van der Waals surface area contributed by atoms with E-state index < -0.39 is 17.0 Å². The van der Waals surface area contributed by atoms with Crippen molar-refractivity contribution in [3.05, 3.63) is 53.6 Å². The third-order valence-corrected chi connectivity index (χ3v) is 6.59. The molecule has 186 valence electrons. The zero-order valence-corrected chi connectivity index (χ0v) is 19.7. The van der Waals surface area contributed by atoms with Crippen LogP contribution in [0.15, 0.2) is 47.5 Å². The number of alkyl halides is 3. The number of aliphatic imine (C=N–C) groups is 1. The molecule has 2 amide bonds. The van der Waals surface area contributed by atoms with Crippen LogP contribution >= 0.6 is 11.8 Å². The van der Waals surface area contributed by atoms with E-state index in [0.29, 0.717) is 18.0 Å². The van der Waals surface area contributed by atoms with Gasteiger partial charge in [0.25, 0.3) is 0 Å². The average Bonchev–Trinajstić information content (AvgIpc) is 3.39. The van der Waals surface area contributed by atoms with Gasteiger partial charge in [-0.05, 0) is 42.3 Å². The second-order valence-corrected chi connectivity index (χ2v) is 9.24. The Morgan fingerprint density at radius 2 is 2.00 bits per heavy atom. The molecular formula is C24H24F3N3O4S. The van der Waals surface area contributed by atoms with E-state index in [0.717, 1.165) is 42.3 Å². The van der Waals surface area contributed by atoms with Crippen LogP contribution < -0.4 is 14.8 Å². The molecule has 35 heavy (non-hydrogen) atoms. The minimum atomic E-state index is -4.51. The van der Waals surface area contributed by atoms with Gasteiger partial charge in [0.05, 0.1) is 17.8 Å². The van der Waals surface area contributed by atoms with Crippen molar-refractivity contribution >= 4 is 34.4 Å². The van der Waals surface area contributed by atoms with Crippen molar-refractivity contribution in [2.45, 2.75) is 44.2 Å². The molecule has 2 aliphatic heterocycles. The van der Waals surface area contributed by atoms with Gasteiger partial charge in [-0.25, -0.2) is 4.99 Å². The molecule has 2 aliphatic rings. The van der Waals surface area contributed by atoms with Crippen molar-refractivity contribution in [1.29, 1.82) is 0 Å². The largest absolute Gasteiger partial charge is 0.454 e. The van der Waals surface area contributed by atoms with Crippen LogP contribution in [0.1, 0.15) is 37.3 Å². The van der Waals surface area contributed by atoms with Gasteiger partial charge in [0.2, 0.25) is 18.6 Å². The van der Waals surface area contributed by atoms with Crippen LogP contribution in [0.25, 0.3) is 0 Å². The summed E-state index contributed by atoms with van der Waals surface area (Å²) in [6, 6.07) is 9.85. The number of fused-ring (bicyclic) bond motifs is 1. The molecule has 1 saturated heterocycles. The van der Waals surface area contributed by atoms with Crippen LogP contribution in [-0.2, 0) is 22.3 Å². The van der Waals surface area contributed by atoms with Gasteiger partial charge in [0.1, 0.15) is 5.25 Å². The molecule has 0 unspecified atom stereocenters. The van der Waals surface area contributed by atoms with Gasteiger partial charge in [-0.3, -0.25) is 14.5 Å². The summed E-state index contributed by atoms with van der Waals surface area (Å²) in [5.74, 6) is 0.553. The SMILES string of the molecule is CCCCNC(=O)C[C@H]1SC(=Nc2cccc(C(F)(F)F)c2)N(Cc2ccc3c(c2)OCO3)C1=O. The first-order chi connectivity index (χ1) is 16.7. The Morgan fingerprint density at radius 1 is 1.20 bits per heavy atom. The number of benzene rings is 2. The highest BCUT2D eigenvalue weighted by Gasteiger charge is 2.39. The highest BCUT2D eigenvalue weighted by molar-refractivity contribution is 8.15. The molecule has 1 atom stereocenters. The lowest BCUT2D eigenvalue weighted by Gasteiger charge is -2.17. The summed E-state index contributed by atoms with van der Waals surface area (Å²) in [6.07, 6.45) is -2.81. The van der Waals surface area contributed by atoms with Crippen LogP contribution in [0.2, 0.25) is 0 Å². The van der Waals surface area contributed by atoms with E-state index in [2.05, 4.69) is 10.3 Å². The predicted octanol–water partition coefficient (Wildman–Crippen LogP) is 4.87. The van der Waals surface area contributed by atoms with E-state index in [9.17, 15) is 22.8 Å². The van der Waals surface area contributed by atoms with Crippen LogP contribution in [0.5, 0.6) is 11.5 Å². The topological polar surface area (TPSA) is 80.2 Å². The number of ether oxygens (including phenoxy) is 2. The number of nitrogens with zero attached hydrogens (tertiary/aromatic N) is 2. The number of thioether (sulfide) groups is 1. The van der Waals surface area contributed by atoms with Gasteiger partial charge < -0.3 is 14.8 Å². The summed E-state index contributed by atoms with van der Waals surface area (Å²) in [4.78, 5) is 31.3. The van der Waals surface area contributed by atoms with E-state index in [1.165, 1.54) is 17.0 Å². The van der Waals surface area contributed by atoms with Gasteiger partial charge in [-0.15, -0.1) is 0 Å². The number of hydrogen-bond acceptors (Lipinski definition) is 6. The molecular weight excluding hydrogens is 483 g/mol. The Balaban J connectivity index is 1.59. The van der Waals surface area contributed by atoms with Gasteiger partial charge in [0, 0.05) is 13.0 Å². The average molecular weight is 508 g/mol. The minimum Gasteiger partial charge on any atom is -0.454 e. The maximum absolute atomic E-state index is 13.2. The summed E-state index contributed by atoms with van der Waals surface area (Å²) in [5.41, 5.74) is -0.0327. The molecule has 0 bridgehead atoms. The smallest absolute Gasteiger partial charge is 0.416 e. The van der Waals surface area contributed by atoms with Gasteiger partial charge >= 0.3 is 6.18 Å². The standard InChI is InChI=1S/C24H24F3N3O4S/c1-2-3-9-28-21(31)12-20-22(32)30(13-15-7-8-18-19(10-15)34-14-33-18)23(35-20)29-17-6-4-5-16(11-17)24(25,26)27/h4-8,10-11,20H,2-3,9,12-14H2,1H3,(H,28,31)/t20-/m1/s1. The number of carbonyl (C=O) groups excluding carboxylic acids is 2. The van der Waals surface area contributed by atoms with Gasteiger partial charge in [0.15, 0.2) is 16.7 Å². The summed E-state index contributed by atoms with van der Waals surface area (Å²) in [6.45, 7) is 2.75. The Bertz CT molecular complexity index is 1140. The Kier molecular flexibility index (Phi) is 7.54. The van der Waals surface area contributed by atoms with Gasteiger partial charge in [-0.2, -0.15) is 13.2 Å². The monoisotopic (exact) mass is 507 g/mol. The third kappa shape index (κ3) is 6.08. The van der Waals surface area contributed by atoms with Crippen molar-refractivity contribution in [3.63, 3.8) is 0 Å². The molecule has 0 spiro atoms. The molecule has 2 aromatic rings. The molecule has 2 heterocycles. The summed E-state index contributed by atoms with van der Waals surface area (Å²) in [5, 5.41) is 2.30. The quantitative estimate of drug-likeness (QED) is 0.516. The van der Waals surface area contributed by atoms with Gasteiger partial charge in [-0.1, -0.05) is 37.2 Å². The number of hydrogen-bond donors (Lipinski definition) is 1. The zero-order chi connectivity index (χ0) is 25.0. The van der Waals surface area contributed by atoms with Crippen LogP contribution in [0.3, 0.4) is 0 Å². The fourth-order valence-electron chi connectivity index (χ4n) is 3.60. The molecule has 1 N–H and O–H groups in total. The van der Waals surface area contributed by atoms with E-state index in [1.807, 2.05) is 6.92 Å². The fraction of sp³-hybridized carbons (Fsp3) is 0.375. The molecule has 4 rings (SSSR count). The highest BCUT2D eigenvalue weighted by Crippen LogP contribution is 2.37. The normalized spacial score (nSPS) is 18.4. The Morgan fingerprint density at radius 3 is 2.77 bits per heavy atom. The summed E-state index contributed by atoms with van der Waals surface area (Å²) < 4.78 is 50.2. The number of rotatable bonds is 8. The molecule has 0 radical (unpaired) electrons. The van der Waals surface area contributed by atoms with Crippen molar-refractivity contribution in [3.8, 4) is 11.5 Å². The molecule has 0 saturated carbocycles. The molecule has 0 aromatic heterocycles. The highest BCUT2D eigenvalue weighted by atomic mass is 32.2. The lowest BCUT2D eigenvalue weighted by Crippen LogP contribution is -2.34. The molecule has 7 nitrogen and oxygen atoms in total.